The van der Waals surface area contributed by atoms with E-state index in [9.17, 15) is 24.6 Å². The Balaban J connectivity index is 2.79. The van der Waals surface area contributed by atoms with Gasteiger partial charge < -0.3 is 20.6 Å². The van der Waals surface area contributed by atoms with Crippen LogP contribution in [0, 0.1) is 0 Å². The molecular weight excluding hydrogens is 338 g/mol. The second-order valence-corrected chi connectivity index (χ2v) is 6.01. The molecule has 0 bridgehead atoms. The predicted octanol–water partition coefficient (Wildman–Crippen LogP) is 2.58. The number of carbonyl (C=O) groups is 3. The van der Waals surface area contributed by atoms with Crippen LogP contribution in [0.2, 0.25) is 0 Å². The molecule has 0 unspecified atom stereocenters. The van der Waals surface area contributed by atoms with Gasteiger partial charge in [-0.15, -0.1) is 0 Å². The minimum Gasteiger partial charge on any atom is -0.478 e. The molecule has 1 aromatic carbocycles. The van der Waals surface area contributed by atoms with Crippen LogP contribution in [0.25, 0.3) is 6.08 Å². The van der Waals surface area contributed by atoms with E-state index in [1.807, 2.05) is 0 Å². The van der Waals surface area contributed by atoms with Crippen LogP contribution in [-0.4, -0.2) is 33.2 Å². The Kier molecular flexibility index (Phi) is 5.30. The van der Waals surface area contributed by atoms with Crippen LogP contribution in [0.4, 0.5) is 0 Å². The number of allylic oxidation sites excluding steroid dienone is 2. The second-order valence-electron chi connectivity index (χ2n) is 6.01. The fourth-order valence-corrected chi connectivity index (χ4v) is 3.07. The average molecular weight is 357 g/mol. The van der Waals surface area contributed by atoms with Crippen LogP contribution in [0.1, 0.15) is 37.8 Å². The lowest BCUT2D eigenvalue weighted by Crippen LogP contribution is -2.31. The molecule has 0 aromatic heterocycles. The Hall–Kier alpha value is -3.35. The maximum Gasteiger partial charge on any atom is 0.334 e. The highest BCUT2D eigenvalue weighted by molar-refractivity contribution is 5.99. The lowest BCUT2D eigenvalue weighted by molar-refractivity contribution is -0.134. The van der Waals surface area contributed by atoms with Crippen LogP contribution in [0.15, 0.2) is 52.4 Å². The summed E-state index contributed by atoms with van der Waals surface area (Å²) < 4.78 is 0. The van der Waals surface area contributed by atoms with Crippen molar-refractivity contribution in [3.63, 3.8) is 0 Å². The van der Waals surface area contributed by atoms with Crippen molar-refractivity contribution in [2.24, 2.45) is 0 Å². The smallest absolute Gasteiger partial charge is 0.334 e. The van der Waals surface area contributed by atoms with Gasteiger partial charge in [0.15, 0.2) is 0 Å². The number of carboxylic acids is 3. The standard InChI is InChI=1S/C19H19NO6/c1-9(17(21)22)8-12-6-4-5-7-13(12)16-14(18(23)24)10(2)20-11(3)15(16)19(25)26/h4-8,16,20H,1-3H3,(H,21,22)(H,23,24)(H,25,26)/b9-8+. The lowest BCUT2D eigenvalue weighted by Gasteiger charge is -2.29. The molecule has 1 aliphatic heterocycles. The van der Waals surface area contributed by atoms with Crippen molar-refractivity contribution in [3.8, 4) is 0 Å². The van der Waals surface area contributed by atoms with Gasteiger partial charge in [0.25, 0.3) is 0 Å². The molecular formula is C19H19NO6. The topological polar surface area (TPSA) is 124 Å². The molecule has 4 N–H and O–H groups in total. The van der Waals surface area contributed by atoms with E-state index in [1.54, 1.807) is 38.1 Å². The van der Waals surface area contributed by atoms with E-state index in [2.05, 4.69) is 5.32 Å². The summed E-state index contributed by atoms with van der Waals surface area (Å²) in [6.45, 7) is 4.55. The van der Waals surface area contributed by atoms with Crippen molar-refractivity contribution in [1.29, 1.82) is 0 Å². The zero-order valence-electron chi connectivity index (χ0n) is 14.5. The molecule has 1 heterocycles. The van der Waals surface area contributed by atoms with Gasteiger partial charge in [0, 0.05) is 17.0 Å². The molecule has 1 aliphatic rings. The maximum absolute atomic E-state index is 11.8. The first-order chi connectivity index (χ1) is 12.1. The highest BCUT2D eigenvalue weighted by Gasteiger charge is 2.37. The number of hydrogen-bond donors (Lipinski definition) is 4. The fourth-order valence-electron chi connectivity index (χ4n) is 3.07. The molecule has 0 aliphatic carbocycles. The van der Waals surface area contributed by atoms with Gasteiger partial charge in [0.2, 0.25) is 0 Å². The predicted molar refractivity (Wildman–Crippen MR) is 94.3 cm³/mol. The molecule has 0 saturated heterocycles. The summed E-state index contributed by atoms with van der Waals surface area (Å²) in [7, 11) is 0. The molecule has 0 fully saturated rings. The van der Waals surface area contributed by atoms with Crippen molar-refractivity contribution in [1.82, 2.24) is 5.32 Å². The summed E-state index contributed by atoms with van der Waals surface area (Å²) in [5, 5.41) is 31.3. The second kappa shape index (κ2) is 7.26. The van der Waals surface area contributed by atoms with Crippen LogP contribution < -0.4 is 5.32 Å². The first kappa shape index (κ1) is 19.0. The molecule has 2 rings (SSSR count). The fraction of sp³-hybridized carbons (Fsp3) is 0.211. The van der Waals surface area contributed by atoms with Crippen molar-refractivity contribution in [3.05, 3.63) is 63.5 Å². The number of aliphatic carboxylic acids is 3. The van der Waals surface area contributed by atoms with E-state index in [4.69, 9.17) is 5.11 Å². The monoisotopic (exact) mass is 357 g/mol. The van der Waals surface area contributed by atoms with Crippen LogP contribution in [0.5, 0.6) is 0 Å². The number of benzene rings is 1. The third kappa shape index (κ3) is 3.51. The Bertz CT molecular complexity index is 855. The highest BCUT2D eigenvalue weighted by atomic mass is 16.4. The summed E-state index contributed by atoms with van der Waals surface area (Å²) in [4.78, 5) is 34.8. The zero-order chi connectivity index (χ0) is 19.6. The van der Waals surface area contributed by atoms with E-state index in [-0.39, 0.29) is 16.7 Å². The number of nitrogens with one attached hydrogen (secondary N) is 1. The minimum atomic E-state index is -1.24. The summed E-state index contributed by atoms with van der Waals surface area (Å²) in [5.74, 6) is -4.61. The molecule has 0 radical (unpaired) electrons. The third-order valence-electron chi connectivity index (χ3n) is 4.24. The first-order valence-electron chi connectivity index (χ1n) is 7.80. The summed E-state index contributed by atoms with van der Waals surface area (Å²) in [6, 6.07) is 6.59. The molecule has 7 nitrogen and oxygen atoms in total. The van der Waals surface area contributed by atoms with Gasteiger partial charge in [0.05, 0.1) is 17.1 Å². The Morgan fingerprint density at radius 2 is 1.46 bits per heavy atom. The summed E-state index contributed by atoms with van der Waals surface area (Å²) in [5.41, 5.74) is 1.46. The van der Waals surface area contributed by atoms with Gasteiger partial charge in [-0.25, -0.2) is 14.4 Å². The molecule has 7 heteroatoms. The lowest BCUT2D eigenvalue weighted by atomic mass is 9.78. The SMILES string of the molecule is CC1=C(C(=O)O)C(c2ccccc2/C=C(\C)C(=O)O)C(C(=O)O)=C(C)N1. The van der Waals surface area contributed by atoms with E-state index in [1.165, 1.54) is 13.0 Å². The van der Waals surface area contributed by atoms with Crippen molar-refractivity contribution in [2.45, 2.75) is 26.7 Å². The van der Waals surface area contributed by atoms with Gasteiger partial charge in [-0.2, -0.15) is 0 Å². The molecule has 136 valence electrons. The van der Waals surface area contributed by atoms with Gasteiger partial charge in [-0.3, -0.25) is 0 Å². The Morgan fingerprint density at radius 3 is 1.92 bits per heavy atom. The summed E-state index contributed by atoms with van der Waals surface area (Å²) >= 11 is 0. The molecule has 1 aromatic rings. The molecule has 26 heavy (non-hydrogen) atoms. The molecule has 0 saturated carbocycles. The molecule has 0 atom stereocenters. The van der Waals surface area contributed by atoms with Crippen LogP contribution in [0.3, 0.4) is 0 Å². The van der Waals surface area contributed by atoms with Crippen molar-refractivity contribution < 1.29 is 29.7 Å². The first-order valence-corrected chi connectivity index (χ1v) is 7.80. The summed E-state index contributed by atoms with van der Waals surface area (Å²) in [6.07, 6.45) is 1.41. The van der Waals surface area contributed by atoms with E-state index >= 15 is 0 Å². The van der Waals surface area contributed by atoms with Gasteiger partial charge in [-0.05, 0) is 38.0 Å². The van der Waals surface area contributed by atoms with Crippen LogP contribution in [-0.2, 0) is 14.4 Å². The number of carboxylic acid groups (broad SMARTS) is 3. The minimum absolute atomic E-state index is 0.0570. The van der Waals surface area contributed by atoms with Gasteiger partial charge in [-0.1, -0.05) is 24.3 Å². The Labute approximate surface area is 150 Å². The van der Waals surface area contributed by atoms with Crippen molar-refractivity contribution in [2.75, 3.05) is 0 Å². The average Bonchev–Trinajstić information content (AvgIpc) is 2.53. The number of hydrogen-bond acceptors (Lipinski definition) is 4. The van der Waals surface area contributed by atoms with Gasteiger partial charge in [0.1, 0.15) is 0 Å². The Morgan fingerprint density at radius 1 is 0.962 bits per heavy atom. The highest BCUT2D eigenvalue weighted by Crippen LogP contribution is 2.40. The quantitative estimate of drug-likeness (QED) is 0.597. The van der Waals surface area contributed by atoms with E-state index < -0.39 is 23.8 Å². The van der Waals surface area contributed by atoms with E-state index in [0.717, 1.165) is 0 Å². The largest absolute Gasteiger partial charge is 0.478 e. The normalized spacial score (nSPS) is 15.7. The zero-order valence-corrected chi connectivity index (χ0v) is 14.5. The van der Waals surface area contributed by atoms with E-state index in [0.29, 0.717) is 22.5 Å². The molecule has 0 amide bonds. The molecule has 0 spiro atoms. The van der Waals surface area contributed by atoms with Crippen molar-refractivity contribution >= 4 is 24.0 Å². The maximum atomic E-state index is 11.8. The third-order valence-corrected chi connectivity index (χ3v) is 4.24. The number of rotatable bonds is 5. The van der Waals surface area contributed by atoms with Crippen LogP contribution >= 0.6 is 0 Å². The number of dihydropyridines is 1. The van der Waals surface area contributed by atoms with Gasteiger partial charge >= 0.3 is 17.9 Å².